The minimum atomic E-state index is -0.396. The summed E-state index contributed by atoms with van der Waals surface area (Å²) in [4.78, 5) is 10.5. The van der Waals surface area contributed by atoms with Gasteiger partial charge in [-0.05, 0) is 6.42 Å². The molecule has 0 saturated carbocycles. The van der Waals surface area contributed by atoms with Crippen LogP contribution in [0.4, 0.5) is 5.69 Å². The molecule has 7 nitrogen and oxygen atoms in total. The van der Waals surface area contributed by atoms with Gasteiger partial charge in [0.25, 0.3) is 5.69 Å². The van der Waals surface area contributed by atoms with Crippen LogP contribution in [0.1, 0.15) is 24.7 Å². The fraction of sp³-hybridized carbons (Fsp3) is 0.308. The molecule has 0 spiro atoms. The number of nitrogens with zero attached hydrogens (tertiary/aromatic N) is 5. The van der Waals surface area contributed by atoms with Crippen LogP contribution in [0.5, 0.6) is 0 Å². The van der Waals surface area contributed by atoms with Gasteiger partial charge in [-0.3, -0.25) is 10.1 Å². The number of aromatic nitrogens is 3. The second-order valence-corrected chi connectivity index (χ2v) is 5.55. The molecular weight excluding hydrogens is 290 g/mol. The van der Waals surface area contributed by atoms with Crippen LogP contribution in [0.3, 0.4) is 0 Å². The number of aryl methyl sites for hydroxylation is 1. The lowest BCUT2D eigenvalue weighted by atomic mass is 10.1. The zero-order valence-electron chi connectivity index (χ0n) is 11.4. The van der Waals surface area contributed by atoms with Gasteiger partial charge in [-0.15, -0.1) is 10.2 Å². The van der Waals surface area contributed by atoms with Gasteiger partial charge >= 0.3 is 0 Å². The molecule has 1 aromatic heterocycles. The number of hydrogen-bond donors (Lipinski definition) is 0. The van der Waals surface area contributed by atoms with Gasteiger partial charge in [0.05, 0.1) is 10.6 Å². The number of nitro benzene ring substituents is 1. The fourth-order valence-corrected chi connectivity index (χ4v) is 2.95. The Labute approximate surface area is 125 Å². The van der Waals surface area contributed by atoms with Gasteiger partial charge in [-0.1, -0.05) is 30.8 Å². The first-order valence-corrected chi connectivity index (χ1v) is 7.57. The molecule has 0 unspecified atom stereocenters. The van der Waals surface area contributed by atoms with E-state index in [4.69, 9.17) is 0 Å². The van der Waals surface area contributed by atoms with Crippen LogP contribution in [-0.2, 0) is 6.42 Å². The van der Waals surface area contributed by atoms with E-state index in [9.17, 15) is 10.1 Å². The summed E-state index contributed by atoms with van der Waals surface area (Å²) >= 11 is 1.54. The molecule has 2 heterocycles. The van der Waals surface area contributed by atoms with Gasteiger partial charge in [0.1, 0.15) is 0 Å². The first-order chi connectivity index (χ1) is 10.2. The summed E-state index contributed by atoms with van der Waals surface area (Å²) < 4.78 is 1.74. The molecule has 21 heavy (non-hydrogen) atoms. The van der Waals surface area contributed by atoms with Crippen LogP contribution < -0.4 is 0 Å². The molecule has 0 saturated heterocycles. The number of fused-ring (bicyclic) bond motifs is 1. The molecule has 1 aliphatic rings. The summed E-state index contributed by atoms with van der Waals surface area (Å²) in [6, 6.07) is 6.54. The highest BCUT2D eigenvalue weighted by Crippen LogP contribution is 2.25. The van der Waals surface area contributed by atoms with Crippen molar-refractivity contribution in [3.63, 3.8) is 0 Å². The van der Waals surface area contributed by atoms with Crippen molar-refractivity contribution in [2.75, 3.05) is 5.75 Å². The van der Waals surface area contributed by atoms with Crippen molar-refractivity contribution in [2.45, 2.75) is 24.9 Å². The van der Waals surface area contributed by atoms with Crippen LogP contribution >= 0.6 is 11.8 Å². The lowest BCUT2D eigenvalue weighted by Crippen LogP contribution is -2.14. The largest absolute Gasteiger partial charge is 0.270 e. The SMILES string of the molecule is CCCc1nnc2n1N=C(c1cccc([N+](=O)[O-])c1)CS2. The number of non-ortho nitro benzene ring substituents is 1. The van der Waals surface area contributed by atoms with E-state index in [1.165, 1.54) is 6.07 Å². The molecule has 0 atom stereocenters. The van der Waals surface area contributed by atoms with Gasteiger partial charge in [0.2, 0.25) is 5.16 Å². The molecule has 1 aliphatic heterocycles. The van der Waals surface area contributed by atoms with Crippen molar-refractivity contribution in [2.24, 2.45) is 5.10 Å². The molecule has 1 aromatic carbocycles. The number of nitro groups is 1. The molecule has 8 heteroatoms. The average Bonchev–Trinajstić information content (AvgIpc) is 2.90. The standard InChI is InChI=1S/C13H13N5O2S/c1-2-4-12-14-15-13-17(12)16-11(8-21-13)9-5-3-6-10(7-9)18(19)20/h3,5-7H,2,4,8H2,1H3. The van der Waals surface area contributed by atoms with Crippen molar-refractivity contribution in [3.8, 4) is 0 Å². The topological polar surface area (TPSA) is 86.2 Å². The average molecular weight is 303 g/mol. The Morgan fingerprint density at radius 1 is 1.43 bits per heavy atom. The molecule has 108 valence electrons. The van der Waals surface area contributed by atoms with E-state index >= 15 is 0 Å². The van der Waals surface area contributed by atoms with E-state index in [0.717, 1.165) is 35.1 Å². The van der Waals surface area contributed by atoms with E-state index in [2.05, 4.69) is 22.2 Å². The van der Waals surface area contributed by atoms with Crippen LogP contribution in [0, 0.1) is 10.1 Å². The Morgan fingerprint density at radius 2 is 2.29 bits per heavy atom. The van der Waals surface area contributed by atoms with Gasteiger partial charge in [0.15, 0.2) is 5.82 Å². The highest BCUT2D eigenvalue weighted by molar-refractivity contribution is 7.99. The Morgan fingerprint density at radius 3 is 3.05 bits per heavy atom. The Bertz CT molecular complexity index is 725. The summed E-state index contributed by atoms with van der Waals surface area (Å²) in [6.45, 7) is 2.07. The predicted octanol–water partition coefficient (Wildman–Crippen LogP) is 2.50. The molecule has 0 fully saturated rings. The Hall–Kier alpha value is -2.22. The minimum absolute atomic E-state index is 0.0727. The first-order valence-electron chi connectivity index (χ1n) is 6.59. The molecule has 0 amide bonds. The third-order valence-electron chi connectivity index (χ3n) is 3.10. The van der Waals surface area contributed by atoms with Crippen LogP contribution in [0.15, 0.2) is 34.5 Å². The van der Waals surface area contributed by atoms with Crippen molar-refractivity contribution in [3.05, 3.63) is 45.8 Å². The second kappa shape index (κ2) is 5.65. The molecular formula is C13H13N5O2S. The Balaban J connectivity index is 1.99. The van der Waals surface area contributed by atoms with Crippen molar-refractivity contribution in [1.29, 1.82) is 0 Å². The number of rotatable bonds is 4. The third kappa shape index (κ3) is 2.66. The van der Waals surface area contributed by atoms with Crippen molar-refractivity contribution >= 4 is 23.2 Å². The molecule has 0 radical (unpaired) electrons. The maximum Gasteiger partial charge on any atom is 0.270 e. The Kier molecular flexibility index (Phi) is 3.70. The zero-order chi connectivity index (χ0) is 14.8. The van der Waals surface area contributed by atoms with Crippen LogP contribution in [0.2, 0.25) is 0 Å². The highest BCUT2D eigenvalue weighted by atomic mass is 32.2. The van der Waals surface area contributed by atoms with E-state index in [-0.39, 0.29) is 5.69 Å². The maximum atomic E-state index is 10.9. The van der Waals surface area contributed by atoms with E-state index in [1.54, 1.807) is 28.6 Å². The molecule has 0 aliphatic carbocycles. The number of hydrogen-bond acceptors (Lipinski definition) is 6. The molecule has 0 N–H and O–H groups in total. The van der Waals surface area contributed by atoms with Crippen molar-refractivity contribution in [1.82, 2.24) is 14.9 Å². The quantitative estimate of drug-likeness (QED) is 0.640. The summed E-state index contributed by atoms with van der Waals surface area (Å²) in [5.74, 6) is 1.45. The minimum Gasteiger partial charge on any atom is -0.258 e. The summed E-state index contributed by atoms with van der Waals surface area (Å²) in [6.07, 6.45) is 1.77. The van der Waals surface area contributed by atoms with E-state index in [0.29, 0.717) is 5.75 Å². The molecule has 2 aromatic rings. The van der Waals surface area contributed by atoms with Gasteiger partial charge in [0, 0.05) is 29.9 Å². The van der Waals surface area contributed by atoms with Gasteiger partial charge < -0.3 is 0 Å². The third-order valence-corrected chi connectivity index (χ3v) is 4.03. The van der Waals surface area contributed by atoms with Gasteiger partial charge in [-0.2, -0.15) is 9.78 Å². The lowest BCUT2D eigenvalue weighted by Gasteiger charge is -2.13. The summed E-state index contributed by atoms with van der Waals surface area (Å²) in [5, 5.41) is 24.4. The summed E-state index contributed by atoms with van der Waals surface area (Å²) in [7, 11) is 0. The van der Waals surface area contributed by atoms with Crippen LogP contribution in [0.25, 0.3) is 0 Å². The van der Waals surface area contributed by atoms with Crippen molar-refractivity contribution < 1.29 is 4.92 Å². The molecule has 3 rings (SSSR count). The van der Waals surface area contributed by atoms with E-state index in [1.807, 2.05) is 6.07 Å². The fourth-order valence-electron chi connectivity index (χ4n) is 2.09. The normalized spacial score (nSPS) is 13.7. The smallest absolute Gasteiger partial charge is 0.258 e. The maximum absolute atomic E-state index is 10.9. The number of thioether (sulfide) groups is 1. The first kappa shape index (κ1) is 13.7. The monoisotopic (exact) mass is 303 g/mol. The highest BCUT2D eigenvalue weighted by Gasteiger charge is 2.20. The molecule has 0 bridgehead atoms. The lowest BCUT2D eigenvalue weighted by molar-refractivity contribution is -0.384. The van der Waals surface area contributed by atoms with E-state index < -0.39 is 4.92 Å². The van der Waals surface area contributed by atoms with Crippen LogP contribution in [-0.4, -0.2) is 31.3 Å². The summed E-state index contributed by atoms with van der Waals surface area (Å²) in [5.41, 5.74) is 1.63. The predicted molar refractivity (Wildman–Crippen MR) is 79.8 cm³/mol. The zero-order valence-corrected chi connectivity index (χ0v) is 12.2. The van der Waals surface area contributed by atoms with Gasteiger partial charge in [-0.25, -0.2) is 0 Å². The number of benzene rings is 1. The second-order valence-electron chi connectivity index (χ2n) is 4.60.